The van der Waals surface area contributed by atoms with Crippen LogP contribution in [0.15, 0.2) is 23.4 Å². The molecular formula is C17H21N9OS. The third-order valence-corrected chi connectivity index (χ3v) is 5.62. The second kappa shape index (κ2) is 7.68. The molecule has 1 aliphatic rings. The first-order valence-corrected chi connectivity index (χ1v) is 9.88. The number of nitrogens with zero attached hydrogens (tertiary/aromatic N) is 6. The molecule has 1 aromatic carbocycles. The van der Waals surface area contributed by atoms with Crippen LogP contribution in [0.25, 0.3) is 10.9 Å². The molecule has 1 saturated heterocycles. The van der Waals surface area contributed by atoms with Gasteiger partial charge in [0.15, 0.2) is 6.29 Å². The fourth-order valence-electron chi connectivity index (χ4n) is 3.07. The largest absolute Gasteiger partial charge is 0.323 e. The Morgan fingerprint density at radius 1 is 1.32 bits per heavy atom. The molecule has 3 N–H and O–H groups in total. The molecule has 2 atom stereocenters. The molecule has 3 aromatic rings. The average molecular weight is 399 g/mol. The van der Waals surface area contributed by atoms with Crippen molar-refractivity contribution in [3.8, 4) is 0 Å². The number of amides is 1. The molecule has 1 amide bonds. The number of aryl methyl sites for hydroxylation is 3. The molecule has 1 fully saturated rings. The van der Waals surface area contributed by atoms with Gasteiger partial charge in [-0.15, -0.1) is 5.10 Å². The molecule has 0 aliphatic carbocycles. The normalized spacial score (nSPS) is 19.6. The molecule has 146 valence electrons. The van der Waals surface area contributed by atoms with Gasteiger partial charge in [0.2, 0.25) is 17.0 Å². The number of anilines is 1. The van der Waals surface area contributed by atoms with E-state index < -0.39 is 6.29 Å². The Labute approximate surface area is 165 Å². The number of thioether (sulfide) groups is 1. The zero-order valence-corrected chi connectivity index (χ0v) is 16.6. The van der Waals surface area contributed by atoms with E-state index >= 15 is 0 Å². The Bertz CT molecular complexity index is 1020. The van der Waals surface area contributed by atoms with Crippen LogP contribution < -0.4 is 16.0 Å². The quantitative estimate of drug-likeness (QED) is 0.533. The van der Waals surface area contributed by atoms with E-state index in [0.29, 0.717) is 23.3 Å². The van der Waals surface area contributed by atoms with Gasteiger partial charge < -0.3 is 10.6 Å². The minimum atomic E-state index is -0.452. The van der Waals surface area contributed by atoms with E-state index in [9.17, 15) is 4.79 Å². The van der Waals surface area contributed by atoms with Crippen molar-refractivity contribution in [1.82, 2.24) is 40.8 Å². The molecule has 4 rings (SSSR count). The Morgan fingerprint density at radius 3 is 2.96 bits per heavy atom. The lowest BCUT2D eigenvalue weighted by atomic mass is 10.1. The van der Waals surface area contributed by atoms with Crippen molar-refractivity contribution in [3.63, 3.8) is 0 Å². The molecule has 0 radical (unpaired) electrons. The van der Waals surface area contributed by atoms with Crippen LogP contribution in [-0.4, -0.2) is 54.2 Å². The van der Waals surface area contributed by atoms with Crippen LogP contribution in [0.4, 0.5) is 5.95 Å². The van der Waals surface area contributed by atoms with Gasteiger partial charge in [0.1, 0.15) is 0 Å². The highest BCUT2D eigenvalue weighted by Crippen LogP contribution is 2.20. The van der Waals surface area contributed by atoms with Crippen molar-refractivity contribution in [3.05, 3.63) is 29.5 Å². The van der Waals surface area contributed by atoms with Crippen molar-refractivity contribution < 1.29 is 4.79 Å². The number of hydrogen-bond acceptors (Lipinski definition) is 9. The summed E-state index contributed by atoms with van der Waals surface area (Å²) in [6, 6.07) is 6.04. The Morgan fingerprint density at radius 2 is 2.18 bits per heavy atom. The molecule has 3 heterocycles. The summed E-state index contributed by atoms with van der Waals surface area (Å²) < 4.78 is 1.61. The number of fused-ring (bicyclic) bond motifs is 1. The Kier molecular flexibility index (Phi) is 5.09. The predicted molar refractivity (Wildman–Crippen MR) is 106 cm³/mol. The van der Waals surface area contributed by atoms with E-state index in [2.05, 4.69) is 47.5 Å². The van der Waals surface area contributed by atoms with E-state index in [1.807, 2.05) is 26.0 Å². The maximum atomic E-state index is 12.1. The number of aromatic nitrogens is 6. The minimum Gasteiger partial charge on any atom is -0.323 e. The fourth-order valence-corrected chi connectivity index (χ4v) is 3.95. The van der Waals surface area contributed by atoms with Gasteiger partial charge in [-0.25, -0.2) is 14.6 Å². The number of rotatable bonds is 5. The van der Waals surface area contributed by atoms with Crippen molar-refractivity contribution in [2.45, 2.75) is 37.8 Å². The Balaban J connectivity index is 1.45. The maximum absolute atomic E-state index is 12.1. The zero-order valence-electron chi connectivity index (χ0n) is 15.8. The smallest absolute Gasteiger partial charge is 0.226 e. The topological polar surface area (TPSA) is 123 Å². The highest BCUT2D eigenvalue weighted by molar-refractivity contribution is 7.99. The summed E-state index contributed by atoms with van der Waals surface area (Å²) >= 11 is 1.50. The van der Waals surface area contributed by atoms with Crippen molar-refractivity contribution >= 4 is 34.5 Å². The summed E-state index contributed by atoms with van der Waals surface area (Å²) in [5.74, 6) is 1.10. The lowest BCUT2D eigenvalue weighted by Crippen LogP contribution is -2.60. The number of tetrazole rings is 1. The van der Waals surface area contributed by atoms with Crippen LogP contribution in [-0.2, 0) is 11.8 Å². The standard InChI is InChI=1S/C17H21N9OS/c1-9-4-5-13-12(6-9)10(2)18-15(20-13)22-16-19-11(7-14(27)21-16)8-28-17-23-24-25-26(17)3/h4-6,11,16,19H,7-8H2,1-3H3,(H,21,27)(H,18,20,22). The van der Waals surface area contributed by atoms with E-state index in [-0.39, 0.29) is 11.9 Å². The number of carbonyl (C=O) groups excluding carboxylic acids is 1. The highest BCUT2D eigenvalue weighted by atomic mass is 32.2. The van der Waals surface area contributed by atoms with Gasteiger partial charge in [-0.2, -0.15) is 0 Å². The highest BCUT2D eigenvalue weighted by Gasteiger charge is 2.26. The molecule has 0 spiro atoms. The molecule has 28 heavy (non-hydrogen) atoms. The van der Waals surface area contributed by atoms with Gasteiger partial charge >= 0.3 is 0 Å². The van der Waals surface area contributed by atoms with Crippen molar-refractivity contribution in [1.29, 1.82) is 0 Å². The molecule has 10 nitrogen and oxygen atoms in total. The number of nitrogens with one attached hydrogen (secondary N) is 3. The van der Waals surface area contributed by atoms with E-state index in [1.54, 1.807) is 11.7 Å². The molecular weight excluding hydrogens is 378 g/mol. The third kappa shape index (κ3) is 4.04. The van der Waals surface area contributed by atoms with E-state index in [0.717, 1.165) is 16.6 Å². The molecule has 2 unspecified atom stereocenters. The average Bonchev–Trinajstić information content (AvgIpc) is 3.05. The summed E-state index contributed by atoms with van der Waals surface area (Å²) in [7, 11) is 1.79. The van der Waals surface area contributed by atoms with Gasteiger partial charge in [-0.05, 0) is 36.4 Å². The monoisotopic (exact) mass is 399 g/mol. The van der Waals surface area contributed by atoms with Gasteiger partial charge in [0, 0.05) is 30.6 Å². The summed E-state index contributed by atoms with van der Waals surface area (Å²) in [6.07, 6.45) is -0.0698. The van der Waals surface area contributed by atoms with Crippen LogP contribution in [0.1, 0.15) is 17.7 Å². The lowest BCUT2D eigenvalue weighted by molar-refractivity contribution is -0.123. The molecule has 0 saturated carbocycles. The summed E-state index contributed by atoms with van der Waals surface area (Å²) in [5, 5.41) is 22.5. The molecule has 11 heteroatoms. The molecule has 2 aromatic heterocycles. The SMILES string of the molecule is Cc1ccc2nc(NC3NC(=O)CC(CSc4nnnn4C)N3)nc(C)c2c1. The molecule has 1 aliphatic heterocycles. The summed E-state index contributed by atoms with van der Waals surface area (Å²) in [5.41, 5.74) is 2.92. The first kappa shape index (κ1) is 18.6. The predicted octanol–water partition coefficient (Wildman–Crippen LogP) is 0.736. The van der Waals surface area contributed by atoms with Crippen LogP contribution in [0.5, 0.6) is 0 Å². The summed E-state index contributed by atoms with van der Waals surface area (Å²) in [6.45, 7) is 4.00. The number of benzene rings is 1. The van der Waals surface area contributed by atoms with Crippen LogP contribution in [0.3, 0.4) is 0 Å². The molecule has 0 bridgehead atoms. The zero-order chi connectivity index (χ0) is 19.7. The second-order valence-electron chi connectivity index (χ2n) is 6.76. The van der Waals surface area contributed by atoms with E-state index in [1.165, 1.54) is 17.3 Å². The number of carbonyl (C=O) groups is 1. The van der Waals surface area contributed by atoms with Crippen LogP contribution in [0.2, 0.25) is 0 Å². The summed E-state index contributed by atoms with van der Waals surface area (Å²) in [4.78, 5) is 21.2. The van der Waals surface area contributed by atoms with Gasteiger partial charge in [0.05, 0.1) is 11.2 Å². The van der Waals surface area contributed by atoms with E-state index in [4.69, 9.17) is 0 Å². The first-order valence-electron chi connectivity index (χ1n) is 8.90. The van der Waals surface area contributed by atoms with Gasteiger partial charge in [-0.3, -0.25) is 10.1 Å². The lowest BCUT2D eigenvalue weighted by Gasteiger charge is -2.31. The van der Waals surface area contributed by atoms with Crippen LogP contribution >= 0.6 is 11.8 Å². The van der Waals surface area contributed by atoms with Crippen LogP contribution in [0, 0.1) is 13.8 Å². The maximum Gasteiger partial charge on any atom is 0.226 e. The van der Waals surface area contributed by atoms with Crippen molar-refractivity contribution in [2.75, 3.05) is 11.1 Å². The minimum absolute atomic E-state index is 0.0304. The van der Waals surface area contributed by atoms with Crippen molar-refractivity contribution in [2.24, 2.45) is 7.05 Å². The number of hydrogen-bond donors (Lipinski definition) is 3. The first-order chi connectivity index (χ1) is 13.5. The second-order valence-corrected chi connectivity index (χ2v) is 7.75. The fraction of sp³-hybridized carbons (Fsp3) is 0.412. The third-order valence-electron chi connectivity index (χ3n) is 4.45. The Hall–Kier alpha value is -2.79. The van der Waals surface area contributed by atoms with Gasteiger partial charge in [-0.1, -0.05) is 23.4 Å². The van der Waals surface area contributed by atoms with Gasteiger partial charge in [0.25, 0.3) is 0 Å².